The summed E-state index contributed by atoms with van der Waals surface area (Å²) in [7, 11) is 2.15. The number of rotatable bonds is 6. The Bertz CT molecular complexity index is 783. The second-order valence-corrected chi connectivity index (χ2v) is 6.23. The number of fused-ring (bicyclic) bond motifs is 3. The average molecular weight is 294 g/mol. The van der Waals surface area contributed by atoms with Crippen LogP contribution >= 0.6 is 0 Å². The third-order valence-electron chi connectivity index (χ3n) is 4.69. The van der Waals surface area contributed by atoms with Gasteiger partial charge < -0.3 is 4.57 Å². The highest BCUT2D eigenvalue weighted by Crippen LogP contribution is 2.32. The Morgan fingerprint density at radius 1 is 0.955 bits per heavy atom. The number of nitrogens with zero attached hydrogens (tertiary/aromatic N) is 2. The summed E-state index contributed by atoms with van der Waals surface area (Å²) in [5, 5.41) is 2.82. The van der Waals surface area contributed by atoms with Gasteiger partial charge in [-0.1, -0.05) is 44.9 Å². The van der Waals surface area contributed by atoms with Crippen LogP contribution in [0.4, 0.5) is 0 Å². The molecule has 0 bridgehead atoms. The highest BCUT2D eigenvalue weighted by atomic mass is 14.9. The van der Waals surface area contributed by atoms with Crippen molar-refractivity contribution in [2.24, 2.45) is 7.05 Å². The Balaban J connectivity index is 2.27. The topological polar surface area (TPSA) is 17.8 Å². The van der Waals surface area contributed by atoms with Gasteiger partial charge in [0.2, 0.25) is 0 Å². The SMILES string of the molecule is CCCCc1ncc2c(c1CCCC)c1ccccc1n2C. The summed E-state index contributed by atoms with van der Waals surface area (Å²) in [6.45, 7) is 4.52. The predicted molar refractivity (Wildman–Crippen MR) is 95.4 cm³/mol. The number of hydrogen-bond donors (Lipinski definition) is 0. The number of aryl methyl sites for hydroxylation is 3. The first-order valence-corrected chi connectivity index (χ1v) is 8.61. The molecule has 0 unspecified atom stereocenters. The van der Waals surface area contributed by atoms with Crippen molar-refractivity contribution in [3.63, 3.8) is 0 Å². The maximum Gasteiger partial charge on any atom is 0.0678 e. The van der Waals surface area contributed by atoms with Crippen LogP contribution in [-0.4, -0.2) is 9.55 Å². The predicted octanol–water partition coefficient (Wildman–Crippen LogP) is 5.41. The van der Waals surface area contributed by atoms with E-state index >= 15 is 0 Å². The molecular formula is C20H26N2. The first kappa shape index (κ1) is 15.1. The first-order valence-electron chi connectivity index (χ1n) is 8.61. The lowest BCUT2D eigenvalue weighted by molar-refractivity contribution is 0.745. The first-order chi connectivity index (χ1) is 10.8. The van der Waals surface area contributed by atoms with E-state index in [1.807, 2.05) is 0 Å². The van der Waals surface area contributed by atoms with Crippen LogP contribution in [0.15, 0.2) is 30.5 Å². The molecule has 0 N–H and O–H groups in total. The molecule has 2 heteroatoms. The zero-order chi connectivity index (χ0) is 15.5. The molecule has 0 atom stereocenters. The molecule has 1 aromatic carbocycles. The molecule has 2 heterocycles. The number of benzene rings is 1. The minimum Gasteiger partial charge on any atom is -0.342 e. The van der Waals surface area contributed by atoms with Crippen LogP contribution in [0, 0.1) is 0 Å². The Morgan fingerprint density at radius 2 is 1.68 bits per heavy atom. The number of para-hydroxylation sites is 1. The van der Waals surface area contributed by atoms with E-state index in [4.69, 9.17) is 4.98 Å². The van der Waals surface area contributed by atoms with Gasteiger partial charge in [0.05, 0.1) is 11.7 Å². The van der Waals surface area contributed by atoms with Crippen LogP contribution in [0.2, 0.25) is 0 Å². The second-order valence-electron chi connectivity index (χ2n) is 6.23. The third kappa shape index (κ3) is 2.51. The zero-order valence-electron chi connectivity index (χ0n) is 14.0. The highest BCUT2D eigenvalue weighted by molar-refractivity contribution is 6.09. The van der Waals surface area contributed by atoms with E-state index in [2.05, 4.69) is 55.9 Å². The molecule has 0 saturated carbocycles. The van der Waals surface area contributed by atoms with Gasteiger partial charge in [0.25, 0.3) is 0 Å². The normalized spacial score (nSPS) is 11.6. The lowest BCUT2D eigenvalue weighted by atomic mass is 9.98. The molecule has 2 nitrogen and oxygen atoms in total. The Morgan fingerprint density at radius 3 is 2.45 bits per heavy atom. The number of hydrogen-bond acceptors (Lipinski definition) is 1. The maximum atomic E-state index is 4.83. The molecule has 0 aliphatic heterocycles. The van der Waals surface area contributed by atoms with Gasteiger partial charge in [-0.15, -0.1) is 0 Å². The van der Waals surface area contributed by atoms with Gasteiger partial charge in [-0.2, -0.15) is 0 Å². The molecule has 0 saturated heterocycles. The van der Waals surface area contributed by atoms with Crippen LogP contribution in [0.3, 0.4) is 0 Å². The zero-order valence-corrected chi connectivity index (χ0v) is 14.0. The summed E-state index contributed by atoms with van der Waals surface area (Å²) >= 11 is 0. The summed E-state index contributed by atoms with van der Waals surface area (Å²) in [5.41, 5.74) is 5.39. The van der Waals surface area contributed by atoms with E-state index in [1.165, 1.54) is 58.7 Å². The fraction of sp³-hybridized carbons (Fsp3) is 0.450. The van der Waals surface area contributed by atoms with Crippen molar-refractivity contribution in [1.82, 2.24) is 9.55 Å². The van der Waals surface area contributed by atoms with Crippen LogP contribution in [0.25, 0.3) is 21.8 Å². The summed E-state index contributed by atoms with van der Waals surface area (Å²) in [6.07, 6.45) is 9.25. The molecule has 0 spiro atoms. The van der Waals surface area contributed by atoms with Crippen LogP contribution in [-0.2, 0) is 19.9 Å². The smallest absolute Gasteiger partial charge is 0.0678 e. The Hall–Kier alpha value is -1.83. The minimum atomic E-state index is 1.11. The number of unbranched alkanes of at least 4 members (excludes halogenated alkanes) is 2. The highest BCUT2D eigenvalue weighted by Gasteiger charge is 2.15. The van der Waals surface area contributed by atoms with Gasteiger partial charge in [0.1, 0.15) is 0 Å². The summed E-state index contributed by atoms with van der Waals surface area (Å²) in [5.74, 6) is 0. The van der Waals surface area contributed by atoms with Gasteiger partial charge in [0, 0.05) is 29.0 Å². The van der Waals surface area contributed by atoms with Crippen LogP contribution < -0.4 is 0 Å². The summed E-state index contributed by atoms with van der Waals surface area (Å²) < 4.78 is 2.29. The Kier molecular flexibility index (Phi) is 4.47. The van der Waals surface area contributed by atoms with Crippen molar-refractivity contribution in [3.05, 3.63) is 41.7 Å². The fourth-order valence-electron chi connectivity index (χ4n) is 3.43. The second kappa shape index (κ2) is 6.51. The Labute approximate surface area is 133 Å². The monoisotopic (exact) mass is 294 g/mol. The van der Waals surface area contributed by atoms with Gasteiger partial charge in [-0.05, 0) is 37.3 Å². The molecule has 0 radical (unpaired) electrons. The molecule has 22 heavy (non-hydrogen) atoms. The third-order valence-corrected chi connectivity index (χ3v) is 4.69. The van der Waals surface area contributed by atoms with E-state index < -0.39 is 0 Å². The molecule has 2 aromatic heterocycles. The lowest BCUT2D eigenvalue weighted by Gasteiger charge is -2.10. The fourth-order valence-corrected chi connectivity index (χ4v) is 3.43. The number of pyridine rings is 1. The van der Waals surface area contributed by atoms with Gasteiger partial charge in [-0.3, -0.25) is 4.98 Å². The van der Waals surface area contributed by atoms with Crippen molar-refractivity contribution in [2.45, 2.75) is 52.4 Å². The van der Waals surface area contributed by atoms with E-state index in [-0.39, 0.29) is 0 Å². The van der Waals surface area contributed by atoms with E-state index in [1.54, 1.807) is 0 Å². The molecule has 0 fully saturated rings. The van der Waals surface area contributed by atoms with Crippen molar-refractivity contribution < 1.29 is 0 Å². The number of aromatic nitrogens is 2. The molecular weight excluding hydrogens is 268 g/mol. The standard InChI is InChI=1S/C20H26N2/c1-4-6-10-15-17(12-7-5-2)21-14-19-20(15)16-11-8-9-13-18(16)22(19)3/h8-9,11,13-14H,4-7,10,12H2,1-3H3. The molecule has 3 aromatic rings. The molecule has 3 rings (SSSR count). The van der Waals surface area contributed by atoms with Crippen molar-refractivity contribution in [3.8, 4) is 0 Å². The molecule has 0 amide bonds. The van der Waals surface area contributed by atoms with Gasteiger partial charge in [-0.25, -0.2) is 0 Å². The van der Waals surface area contributed by atoms with Crippen LogP contribution in [0.1, 0.15) is 50.8 Å². The summed E-state index contributed by atoms with van der Waals surface area (Å²) in [4.78, 5) is 4.83. The van der Waals surface area contributed by atoms with Crippen LogP contribution in [0.5, 0.6) is 0 Å². The largest absolute Gasteiger partial charge is 0.342 e. The van der Waals surface area contributed by atoms with E-state index in [0.717, 1.165) is 12.8 Å². The van der Waals surface area contributed by atoms with E-state index in [9.17, 15) is 0 Å². The molecule has 0 aliphatic rings. The van der Waals surface area contributed by atoms with Gasteiger partial charge >= 0.3 is 0 Å². The minimum absolute atomic E-state index is 1.11. The van der Waals surface area contributed by atoms with Gasteiger partial charge in [0.15, 0.2) is 0 Å². The molecule has 116 valence electrons. The van der Waals surface area contributed by atoms with Crippen molar-refractivity contribution in [1.29, 1.82) is 0 Å². The molecule has 0 aliphatic carbocycles. The quantitative estimate of drug-likeness (QED) is 0.594. The van der Waals surface area contributed by atoms with E-state index in [0.29, 0.717) is 0 Å². The average Bonchev–Trinajstić information content (AvgIpc) is 2.85. The lowest BCUT2D eigenvalue weighted by Crippen LogP contribution is -2.00. The summed E-state index contributed by atoms with van der Waals surface area (Å²) in [6, 6.07) is 8.75. The van der Waals surface area contributed by atoms with Crippen molar-refractivity contribution in [2.75, 3.05) is 0 Å². The maximum absolute atomic E-state index is 4.83. The van der Waals surface area contributed by atoms with Crippen molar-refractivity contribution >= 4 is 21.8 Å².